The first-order chi connectivity index (χ1) is 8.75. The van der Waals surface area contributed by atoms with E-state index in [9.17, 15) is 8.78 Å². The Bertz CT molecular complexity index is 378. The molecule has 1 heterocycles. The summed E-state index contributed by atoms with van der Waals surface area (Å²) in [6.45, 7) is 2.88. The van der Waals surface area contributed by atoms with E-state index in [4.69, 9.17) is 4.74 Å². The first-order valence-corrected chi connectivity index (χ1v) is 6.48. The van der Waals surface area contributed by atoms with Crippen LogP contribution in [0.2, 0.25) is 0 Å². The molecule has 1 saturated heterocycles. The summed E-state index contributed by atoms with van der Waals surface area (Å²) in [5.41, 5.74) is 0.289. The molecule has 0 spiro atoms. The van der Waals surface area contributed by atoms with Gasteiger partial charge in [-0.25, -0.2) is 8.78 Å². The summed E-state index contributed by atoms with van der Waals surface area (Å²) >= 11 is 0. The molecule has 100 valence electrons. The Labute approximate surface area is 106 Å². The quantitative estimate of drug-likeness (QED) is 0.817. The lowest BCUT2D eigenvalue weighted by Crippen LogP contribution is -2.30. The van der Waals surface area contributed by atoms with E-state index in [0.29, 0.717) is 12.5 Å². The molecule has 1 aromatic carbocycles. The van der Waals surface area contributed by atoms with Crippen LogP contribution >= 0.6 is 0 Å². The van der Waals surface area contributed by atoms with Crippen LogP contribution in [0, 0.1) is 17.6 Å². The summed E-state index contributed by atoms with van der Waals surface area (Å²) < 4.78 is 31.6. The van der Waals surface area contributed by atoms with Crippen LogP contribution in [0.1, 0.15) is 24.8 Å². The second-order valence-electron chi connectivity index (χ2n) is 4.79. The van der Waals surface area contributed by atoms with Gasteiger partial charge in [-0.2, -0.15) is 0 Å². The Morgan fingerprint density at radius 1 is 1.33 bits per heavy atom. The zero-order valence-electron chi connectivity index (χ0n) is 10.4. The second kappa shape index (κ2) is 6.81. The van der Waals surface area contributed by atoms with Gasteiger partial charge >= 0.3 is 0 Å². The van der Waals surface area contributed by atoms with E-state index in [2.05, 4.69) is 5.32 Å². The molecule has 1 aromatic rings. The number of piperidine rings is 1. The lowest BCUT2D eigenvalue weighted by atomic mass is 9.97. The fourth-order valence-electron chi connectivity index (χ4n) is 2.26. The van der Waals surface area contributed by atoms with Crippen molar-refractivity contribution in [1.82, 2.24) is 5.32 Å². The monoisotopic (exact) mass is 255 g/mol. The highest BCUT2D eigenvalue weighted by molar-refractivity contribution is 5.17. The number of ether oxygens (including phenoxy) is 1. The van der Waals surface area contributed by atoms with Crippen LogP contribution in [-0.2, 0) is 11.3 Å². The van der Waals surface area contributed by atoms with Crippen molar-refractivity contribution in [3.63, 3.8) is 0 Å². The molecule has 0 amide bonds. The Morgan fingerprint density at radius 2 is 2.22 bits per heavy atom. The summed E-state index contributed by atoms with van der Waals surface area (Å²) in [7, 11) is 0. The molecule has 18 heavy (non-hydrogen) atoms. The predicted octanol–water partition coefficient (Wildman–Crippen LogP) is 2.87. The minimum Gasteiger partial charge on any atom is -0.377 e. The smallest absolute Gasteiger partial charge is 0.128 e. The van der Waals surface area contributed by atoms with Crippen LogP contribution in [0.5, 0.6) is 0 Å². The molecule has 1 aliphatic rings. The van der Waals surface area contributed by atoms with E-state index in [-0.39, 0.29) is 12.2 Å². The summed E-state index contributed by atoms with van der Waals surface area (Å²) in [5.74, 6) is -0.182. The van der Waals surface area contributed by atoms with Gasteiger partial charge in [0.15, 0.2) is 0 Å². The lowest BCUT2D eigenvalue weighted by Gasteiger charge is -2.22. The maximum absolute atomic E-state index is 13.3. The molecule has 0 bridgehead atoms. The highest BCUT2D eigenvalue weighted by Gasteiger charge is 2.12. The van der Waals surface area contributed by atoms with Gasteiger partial charge in [0.25, 0.3) is 0 Å². The minimum absolute atomic E-state index is 0.143. The Balaban J connectivity index is 1.69. The van der Waals surface area contributed by atoms with Crippen LogP contribution in [0.4, 0.5) is 8.78 Å². The molecule has 2 rings (SSSR count). The van der Waals surface area contributed by atoms with E-state index in [1.165, 1.54) is 18.9 Å². The molecule has 1 N–H and O–H groups in total. The maximum atomic E-state index is 13.3. The number of halogens is 2. The second-order valence-corrected chi connectivity index (χ2v) is 4.79. The van der Waals surface area contributed by atoms with Crippen LogP contribution < -0.4 is 5.32 Å². The van der Waals surface area contributed by atoms with E-state index in [1.54, 1.807) is 0 Å². The first-order valence-electron chi connectivity index (χ1n) is 6.48. The molecule has 0 saturated carbocycles. The van der Waals surface area contributed by atoms with E-state index < -0.39 is 11.6 Å². The van der Waals surface area contributed by atoms with Crippen molar-refractivity contribution in [1.29, 1.82) is 0 Å². The van der Waals surface area contributed by atoms with Gasteiger partial charge in [-0.15, -0.1) is 0 Å². The zero-order chi connectivity index (χ0) is 12.8. The SMILES string of the molecule is Fc1ccc(F)c(COCCC2CCCNC2)c1. The molecule has 1 unspecified atom stereocenters. The number of hydrogen-bond acceptors (Lipinski definition) is 2. The minimum atomic E-state index is -0.425. The van der Waals surface area contributed by atoms with Crippen molar-refractivity contribution >= 4 is 0 Å². The maximum Gasteiger partial charge on any atom is 0.128 e. The van der Waals surface area contributed by atoms with Gasteiger partial charge < -0.3 is 10.1 Å². The summed E-state index contributed by atoms with van der Waals surface area (Å²) in [4.78, 5) is 0. The van der Waals surface area contributed by atoms with Crippen LogP contribution in [0.3, 0.4) is 0 Å². The third-order valence-corrected chi connectivity index (χ3v) is 3.33. The van der Waals surface area contributed by atoms with E-state index in [1.807, 2.05) is 0 Å². The number of hydrogen-bond donors (Lipinski definition) is 1. The third-order valence-electron chi connectivity index (χ3n) is 3.33. The average Bonchev–Trinajstić information content (AvgIpc) is 2.40. The molecule has 1 fully saturated rings. The largest absolute Gasteiger partial charge is 0.377 e. The average molecular weight is 255 g/mol. The predicted molar refractivity (Wildman–Crippen MR) is 66.2 cm³/mol. The molecule has 2 nitrogen and oxygen atoms in total. The summed E-state index contributed by atoms with van der Waals surface area (Å²) in [5, 5.41) is 3.34. The molecule has 0 aliphatic carbocycles. The lowest BCUT2D eigenvalue weighted by molar-refractivity contribution is 0.101. The van der Waals surface area contributed by atoms with Crippen molar-refractivity contribution in [3.8, 4) is 0 Å². The van der Waals surface area contributed by atoms with E-state index in [0.717, 1.165) is 31.6 Å². The van der Waals surface area contributed by atoms with Crippen molar-refractivity contribution in [2.24, 2.45) is 5.92 Å². The Kier molecular flexibility index (Phi) is 5.08. The van der Waals surface area contributed by atoms with Gasteiger partial charge in [0, 0.05) is 12.2 Å². The molecular formula is C14H19F2NO. The molecule has 0 radical (unpaired) electrons. The molecule has 1 aliphatic heterocycles. The fourth-order valence-corrected chi connectivity index (χ4v) is 2.26. The van der Waals surface area contributed by atoms with Crippen LogP contribution in [-0.4, -0.2) is 19.7 Å². The Morgan fingerprint density at radius 3 is 3.00 bits per heavy atom. The van der Waals surface area contributed by atoms with Gasteiger partial charge in [-0.1, -0.05) is 0 Å². The Hall–Kier alpha value is -1.00. The van der Waals surface area contributed by atoms with Crippen molar-refractivity contribution in [2.75, 3.05) is 19.7 Å². The van der Waals surface area contributed by atoms with Gasteiger partial charge in [-0.3, -0.25) is 0 Å². The van der Waals surface area contributed by atoms with Crippen LogP contribution in [0.15, 0.2) is 18.2 Å². The standard InChI is InChI=1S/C14H19F2NO/c15-13-3-4-14(16)12(8-13)10-18-7-5-11-2-1-6-17-9-11/h3-4,8,11,17H,1-2,5-7,9-10H2. The molecule has 1 atom stereocenters. The summed E-state index contributed by atoms with van der Waals surface area (Å²) in [6.07, 6.45) is 3.41. The van der Waals surface area contributed by atoms with Crippen molar-refractivity contribution in [3.05, 3.63) is 35.4 Å². The van der Waals surface area contributed by atoms with Crippen LogP contribution in [0.25, 0.3) is 0 Å². The van der Waals surface area contributed by atoms with Gasteiger partial charge in [0.1, 0.15) is 11.6 Å². The molecule has 0 aromatic heterocycles. The van der Waals surface area contributed by atoms with Crippen molar-refractivity contribution in [2.45, 2.75) is 25.9 Å². The van der Waals surface area contributed by atoms with Gasteiger partial charge in [0.05, 0.1) is 6.61 Å². The molecular weight excluding hydrogens is 236 g/mol. The van der Waals surface area contributed by atoms with Gasteiger partial charge in [-0.05, 0) is 56.5 Å². The van der Waals surface area contributed by atoms with E-state index >= 15 is 0 Å². The van der Waals surface area contributed by atoms with Crippen molar-refractivity contribution < 1.29 is 13.5 Å². The highest BCUT2D eigenvalue weighted by atomic mass is 19.1. The number of nitrogens with one attached hydrogen (secondary N) is 1. The zero-order valence-corrected chi connectivity index (χ0v) is 10.4. The van der Waals surface area contributed by atoms with Gasteiger partial charge in [0.2, 0.25) is 0 Å². The normalized spacial score (nSPS) is 20.0. The first kappa shape index (κ1) is 13.4. The molecule has 4 heteroatoms. The highest BCUT2D eigenvalue weighted by Crippen LogP contribution is 2.15. The number of rotatable bonds is 5. The fraction of sp³-hybridized carbons (Fsp3) is 0.571. The third kappa shape index (κ3) is 4.03. The number of benzene rings is 1. The summed E-state index contributed by atoms with van der Waals surface area (Å²) in [6, 6.07) is 3.45. The topological polar surface area (TPSA) is 21.3 Å².